The zero-order valence-electron chi connectivity index (χ0n) is 11.9. The quantitative estimate of drug-likeness (QED) is 0.895. The van der Waals surface area contributed by atoms with Crippen LogP contribution in [0.2, 0.25) is 0 Å². The van der Waals surface area contributed by atoms with Gasteiger partial charge in [-0.25, -0.2) is 0 Å². The van der Waals surface area contributed by atoms with Gasteiger partial charge >= 0.3 is 0 Å². The molecule has 3 nitrogen and oxygen atoms in total. The first kappa shape index (κ1) is 13.1. The molecule has 1 fully saturated rings. The van der Waals surface area contributed by atoms with Crippen LogP contribution in [0, 0.1) is 0 Å². The van der Waals surface area contributed by atoms with E-state index in [9.17, 15) is 5.11 Å². The highest BCUT2D eigenvalue weighted by atomic mass is 16.3. The number of hydrogen-bond donors (Lipinski definition) is 1. The topological polar surface area (TPSA) is 26.7 Å². The summed E-state index contributed by atoms with van der Waals surface area (Å²) in [6, 6.07) is 9.20. The molecule has 1 aromatic rings. The van der Waals surface area contributed by atoms with Crippen molar-refractivity contribution in [1.29, 1.82) is 0 Å². The highest BCUT2D eigenvalue weighted by Crippen LogP contribution is 2.34. The molecule has 1 aliphatic heterocycles. The van der Waals surface area contributed by atoms with Gasteiger partial charge in [0.1, 0.15) is 0 Å². The highest BCUT2D eigenvalue weighted by molar-refractivity contribution is 5.35. The second-order valence-corrected chi connectivity index (χ2v) is 6.13. The Balaban J connectivity index is 1.67. The third-order valence-corrected chi connectivity index (χ3v) is 4.90. The summed E-state index contributed by atoms with van der Waals surface area (Å²) < 4.78 is 0. The van der Waals surface area contributed by atoms with Gasteiger partial charge in [-0.2, -0.15) is 0 Å². The Morgan fingerprint density at radius 1 is 1.37 bits per heavy atom. The predicted octanol–water partition coefficient (Wildman–Crippen LogP) is 1.67. The Morgan fingerprint density at radius 3 is 2.84 bits per heavy atom. The zero-order chi connectivity index (χ0) is 13.4. The molecule has 3 rings (SSSR count). The van der Waals surface area contributed by atoms with Crippen LogP contribution in [0.1, 0.15) is 30.1 Å². The molecular weight excluding hydrogens is 236 g/mol. The molecule has 3 atom stereocenters. The van der Waals surface area contributed by atoms with Crippen molar-refractivity contribution in [1.82, 2.24) is 9.80 Å². The van der Waals surface area contributed by atoms with E-state index in [1.165, 1.54) is 24.9 Å². The molecule has 1 heterocycles. The first-order valence-corrected chi connectivity index (χ1v) is 7.33. The van der Waals surface area contributed by atoms with Gasteiger partial charge in [0.05, 0.1) is 6.10 Å². The summed E-state index contributed by atoms with van der Waals surface area (Å²) in [5.41, 5.74) is 2.44. The number of benzene rings is 1. The average molecular weight is 260 g/mol. The fraction of sp³-hybridized carbons (Fsp3) is 0.625. The predicted molar refractivity (Wildman–Crippen MR) is 77.2 cm³/mol. The van der Waals surface area contributed by atoms with Crippen molar-refractivity contribution in [3.05, 3.63) is 35.4 Å². The van der Waals surface area contributed by atoms with Gasteiger partial charge in [0.2, 0.25) is 0 Å². The van der Waals surface area contributed by atoms with Crippen molar-refractivity contribution in [2.24, 2.45) is 0 Å². The summed E-state index contributed by atoms with van der Waals surface area (Å²) >= 11 is 0. The molecule has 0 spiro atoms. The van der Waals surface area contributed by atoms with Gasteiger partial charge in [0.25, 0.3) is 0 Å². The van der Waals surface area contributed by atoms with Crippen LogP contribution in [0.5, 0.6) is 0 Å². The van der Waals surface area contributed by atoms with Crippen LogP contribution in [0.3, 0.4) is 0 Å². The Labute approximate surface area is 115 Å². The van der Waals surface area contributed by atoms with E-state index in [0.717, 1.165) is 18.5 Å². The minimum atomic E-state index is -0.326. The van der Waals surface area contributed by atoms with Crippen molar-refractivity contribution in [2.45, 2.75) is 37.5 Å². The number of fused-ring (bicyclic) bond motifs is 1. The van der Waals surface area contributed by atoms with Crippen LogP contribution in [0.15, 0.2) is 24.3 Å². The molecule has 0 bridgehead atoms. The molecule has 1 aliphatic carbocycles. The first-order chi connectivity index (χ1) is 9.16. The average Bonchev–Trinajstić information content (AvgIpc) is 2.95. The van der Waals surface area contributed by atoms with Gasteiger partial charge in [0, 0.05) is 18.6 Å². The maximum absolute atomic E-state index is 10.5. The highest BCUT2D eigenvalue weighted by Gasteiger charge is 2.34. The number of likely N-dealkylation sites (tertiary alicyclic amines) is 1. The van der Waals surface area contributed by atoms with Crippen molar-refractivity contribution in [3.63, 3.8) is 0 Å². The molecule has 0 amide bonds. The summed E-state index contributed by atoms with van der Waals surface area (Å²) in [4.78, 5) is 4.81. The van der Waals surface area contributed by atoms with Gasteiger partial charge in [-0.15, -0.1) is 0 Å². The van der Waals surface area contributed by atoms with Crippen LogP contribution in [-0.4, -0.2) is 54.2 Å². The van der Waals surface area contributed by atoms with Crippen molar-refractivity contribution < 1.29 is 5.11 Å². The van der Waals surface area contributed by atoms with Crippen molar-refractivity contribution in [3.8, 4) is 0 Å². The molecule has 2 aliphatic rings. The molecule has 3 unspecified atom stereocenters. The largest absolute Gasteiger partial charge is 0.387 e. The minimum absolute atomic E-state index is 0.242. The Bertz CT molecular complexity index is 448. The van der Waals surface area contributed by atoms with E-state index in [0.29, 0.717) is 6.04 Å². The van der Waals surface area contributed by atoms with Crippen LogP contribution in [0.25, 0.3) is 0 Å². The van der Waals surface area contributed by atoms with Gasteiger partial charge in [-0.1, -0.05) is 24.3 Å². The summed E-state index contributed by atoms with van der Waals surface area (Å²) in [7, 11) is 4.37. The Hall–Kier alpha value is -0.900. The lowest BCUT2D eigenvalue weighted by molar-refractivity contribution is 0.0636. The Kier molecular flexibility index (Phi) is 3.61. The first-order valence-electron chi connectivity index (χ1n) is 7.33. The molecule has 0 aromatic heterocycles. The van der Waals surface area contributed by atoms with E-state index in [4.69, 9.17) is 0 Å². The third kappa shape index (κ3) is 2.42. The Morgan fingerprint density at radius 2 is 2.16 bits per heavy atom. The lowest BCUT2D eigenvalue weighted by Crippen LogP contribution is -2.43. The number of hydrogen-bond acceptors (Lipinski definition) is 3. The molecule has 1 saturated heterocycles. The molecule has 3 heteroatoms. The molecule has 1 N–H and O–H groups in total. The molecule has 104 valence electrons. The van der Waals surface area contributed by atoms with Gasteiger partial charge in [-0.05, 0) is 51.0 Å². The fourth-order valence-electron chi connectivity index (χ4n) is 3.63. The maximum atomic E-state index is 10.5. The smallest absolute Gasteiger partial charge is 0.0950 e. The van der Waals surface area contributed by atoms with E-state index in [1.54, 1.807) is 0 Å². The van der Waals surface area contributed by atoms with E-state index in [-0.39, 0.29) is 12.1 Å². The summed E-state index contributed by atoms with van der Waals surface area (Å²) in [6.45, 7) is 2.28. The molecule has 0 saturated carbocycles. The normalized spacial score (nSPS) is 31.1. The second-order valence-electron chi connectivity index (χ2n) is 6.13. The van der Waals surface area contributed by atoms with E-state index in [1.807, 2.05) is 6.07 Å². The maximum Gasteiger partial charge on any atom is 0.0950 e. The van der Waals surface area contributed by atoms with Crippen LogP contribution < -0.4 is 0 Å². The monoisotopic (exact) mass is 260 g/mol. The molecular formula is C16H24N2O. The van der Waals surface area contributed by atoms with E-state index >= 15 is 0 Å². The number of aliphatic hydroxyl groups is 1. The molecule has 19 heavy (non-hydrogen) atoms. The van der Waals surface area contributed by atoms with E-state index < -0.39 is 0 Å². The van der Waals surface area contributed by atoms with Crippen LogP contribution in [0.4, 0.5) is 0 Å². The van der Waals surface area contributed by atoms with Gasteiger partial charge in [0.15, 0.2) is 0 Å². The minimum Gasteiger partial charge on any atom is -0.387 e. The SMILES string of the molecule is CN1CCCC1CN(C)C1Cc2ccccc2C1O. The second kappa shape index (κ2) is 5.23. The number of nitrogens with zero attached hydrogens (tertiary/aromatic N) is 2. The fourth-order valence-corrected chi connectivity index (χ4v) is 3.63. The van der Waals surface area contributed by atoms with Crippen molar-refractivity contribution >= 4 is 0 Å². The van der Waals surface area contributed by atoms with Crippen LogP contribution >= 0.6 is 0 Å². The summed E-state index contributed by atoms with van der Waals surface area (Å²) in [5, 5.41) is 10.5. The summed E-state index contributed by atoms with van der Waals surface area (Å²) in [6.07, 6.45) is 3.25. The zero-order valence-corrected chi connectivity index (χ0v) is 11.9. The summed E-state index contributed by atoms with van der Waals surface area (Å²) in [5.74, 6) is 0. The van der Waals surface area contributed by atoms with Crippen molar-refractivity contribution in [2.75, 3.05) is 27.2 Å². The number of rotatable bonds is 3. The number of aliphatic hydroxyl groups excluding tert-OH is 1. The molecule has 0 radical (unpaired) electrons. The number of likely N-dealkylation sites (N-methyl/N-ethyl adjacent to an activating group) is 2. The lowest BCUT2D eigenvalue weighted by Gasteiger charge is -2.31. The van der Waals surface area contributed by atoms with Crippen LogP contribution in [-0.2, 0) is 6.42 Å². The lowest BCUT2D eigenvalue weighted by atomic mass is 10.1. The van der Waals surface area contributed by atoms with E-state index in [2.05, 4.69) is 42.1 Å². The van der Waals surface area contributed by atoms with Gasteiger partial charge < -0.3 is 10.0 Å². The third-order valence-electron chi connectivity index (χ3n) is 4.90. The molecule has 1 aromatic carbocycles. The van der Waals surface area contributed by atoms with Gasteiger partial charge in [-0.3, -0.25) is 4.90 Å². The standard InChI is InChI=1S/C16H24N2O/c1-17-9-5-7-13(17)11-18(2)15-10-12-6-3-4-8-14(12)16(15)19/h3-4,6,8,13,15-16,19H,5,7,9-11H2,1-2H3.